The first-order valence-corrected chi connectivity index (χ1v) is 5.93. The zero-order valence-corrected chi connectivity index (χ0v) is 11.0. The fraction of sp³-hybridized carbons (Fsp3) is 0.0714. The number of halogens is 2. The average Bonchev–Trinajstić information content (AvgIpc) is 2.33. The molecule has 0 aliphatic carbocycles. The maximum absolute atomic E-state index is 13.3. The number of benzene rings is 2. The molecule has 98 valence electrons. The second-order valence-corrected chi connectivity index (χ2v) is 4.50. The van der Waals surface area contributed by atoms with Gasteiger partial charge in [0.2, 0.25) is 0 Å². The second-order valence-electron chi connectivity index (χ2n) is 4.09. The van der Waals surface area contributed by atoms with Crippen molar-refractivity contribution in [2.45, 2.75) is 6.92 Å². The van der Waals surface area contributed by atoms with E-state index < -0.39 is 5.82 Å². The Balaban J connectivity index is 2.39. The number of hydrogen-bond acceptors (Lipinski definition) is 2. The molecule has 0 aromatic heterocycles. The summed E-state index contributed by atoms with van der Waals surface area (Å²) in [5, 5.41) is 7.52. The van der Waals surface area contributed by atoms with E-state index in [1.54, 1.807) is 18.2 Å². The maximum Gasteiger partial charge on any atom is 0.145 e. The van der Waals surface area contributed by atoms with Gasteiger partial charge in [-0.1, -0.05) is 17.7 Å². The lowest BCUT2D eigenvalue weighted by atomic mass is 10.1. The van der Waals surface area contributed by atoms with E-state index in [9.17, 15) is 4.39 Å². The Morgan fingerprint density at radius 2 is 2.00 bits per heavy atom. The number of ether oxygens (including phenoxy) is 1. The number of rotatable bonds is 3. The molecular weight excluding hydrogens is 267 g/mol. The van der Waals surface area contributed by atoms with Crippen LogP contribution in [-0.2, 0) is 0 Å². The maximum atomic E-state index is 13.3. The Morgan fingerprint density at radius 1 is 1.26 bits per heavy atom. The van der Waals surface area contributed by atoms with Crippen molar-refractivity contribution in [2.75, 3.05) is 0 Å². The molecule has 0 fully saturated rings. The highest BCUT2D eigenvalue weighted by Crippen LogP contribution is 2.28. The minimum absolute atomic E-state index is 0.0309. The molecule has 5 heteroatoms. The van der Waals surface area contributed by atoms with Gasteiger partial charge < -0.3 is 10.5 Å². The summed E-state index contributed by atoms with van der Waals surface area (Å²) >= 11 is 5.61. The molecule has 3 nitrogen and oxygen atoms in total. The van der Waals surface area contributed by atoms with E-state index in [1.807, 2.05) is 13.0 Å². The number of amidine groups is 1. The van der Waals surface area contributed by atoms with Gasteiger partial charge in [0.25, 0.3) is 0 Å². The molecule has 0 radical (unpaired) electrons. The predicted octanol–water partition coefficient (Wildman–Crippen LogP) is 3.86. The number of nitrogens with one attached hydrogen (secondary N) is 1. The third-order valence-electron chi connectivity index (χ3n) is 2.55. The molecule has 2 aromatic carbocycles. The highest BCUT2D eigenvalue weighted by Gasteiger charge is 2.09. The summed E-state index contributed by atoms with van der Waals surface area (Å²) in [7, 11) is 0. The highest BCUT2D eigenvalue weighted by molar-refractivity contribution is 6.30. The summed E-state index contributed by atoms with van der Waals surface area (Å²) in [5.41, 5.74) is 6.89. The number of nitrogens with two attached hydrogens (primary N) is 1. The molecule has 0 spiro atoms. The summed E-state index contributed by atoms with van der Waals surface area (Å²) in [6.07, 6.45) is 0. The van der Waals surface area contributed by atoms with Gasteiger partial charge >= 0.3 is 0 Å². The minimum atomic E-state index is -0.559. The molecule has 0 saturated heterocycles. The molecule has 0 atom stereocenters. The zero-order chi connectivity index (χ0) is 14.0. The smallest absolute Gasteiger partial charge is 0.145 e. The van der Waals surface area contributed by atoms with Crippen molar-refractivity contribution in [3.63, 3.8) is 0 Å². The van der Waals surface area contributed by atoms with E-state index >= 15 is 0 Å². The van der Waals surface area contributed by atoms with E-state index in [1.165, 1.54) is 12.1 Å². The molecule has 2 aromatic rings. The molecule has 0 aliphatic heterocycles. The van der Waals surface area contributed by atoms with Crippen LogP contribution in [0.5, 0.6) is 11.5 Å². The molecule has 0 bridgehead atoms. The van der Waals surface area contributed by atoms with Crippen LogP contribution in [0.2, 0.25) is 5.02 Å². The van der Waals surface area contributed by atoms with Gasteiger partial charge in [0, 0.05) is 6.07 Å². The molecule has 0 heterocycles. The lowest BCUT2D eigenvalue weighted by Crippen LogP contribution is -2.12. The Hall–Kier alpha value is -2.07. The Morgan fingerprint density at radius 3 is 2.63 bits per heavy atom. The van der Waals surface area contributed by atoms with Crippen LogP contribution < -0.4 is 10.5 Å². The van der Waals surface area contributed by atoms with Crippen LogP contribution >= 0.6 is 11.6 Å². The van der Waals surface area contributed by atoms with Crippen LogP contribution in [0.1, 0.15) is 11.1 Å². The van der Waals surface area contributed by atoms with Gasteiger partial charge in [0.05, 0.1) is 10.6 Å². The first kappa shape index (κ1) is 13.4. The second kappa shape index (κ2) is 5.28. The lowest BCUT2D eigenvalue weighted by Gasteiger charge is -2.11. The summed E-state index contributed by atoms with van der Waals surface area (Å²) in [6, 6.07) is 9.41. The van der Waals surface area contributed by atoms with Crippen molar-refractivity contribution >= 4 is 17.4 Å². The van der Waals surface area contributed by atoms with Crippen LogP contribution in [0.3, 0.4) is 0 Å². The third-order valence-corrected chi connectivity index (χ3v) is 2.85. The number of hydrogen-bond donors (Lipinski definition) is 2. The van der Waals surface area contributed by atoms with Gasteiger partial charge in [-0.2, -0.15) is 0 Å². The Bertz CT molecular complexity index is 643. The van der Waals surface area contributed by atoms with E-state index in [0.717, 1.165) is 5.56 Å². The van der Waals surface area contributed by atoms with Crippen molar-refractivity contribution in [1.29, 1.82) is 5.41 Å². The first-order chi connectivity index (χ1) is 8.97. The SMILES string of the molecule is Cc1ccc(C(=N)N)c(Oc2ccc(Cl)c(F)c2)c1. The van der Waals surface area contributed by atoms with Crippen LogP contribution in [0.25, 0.3) is 0 Å². The van der Waals surface area contributed by atoms with Crippen LogP contribution in [0.15, 0.2) is 36.4 Å². The van der Waals surface area contributed by atoms with Crippen LogP contribution in [0, 0.1) is 18.2 Å². The van der Waals surface area contributed by atoms with E-state index in [0.29, 0.717) is 17.1 Å². The molecule has 0 aliphatic rings. The van der Waals surface area contributed by atoms with Gasteiger partial charge in [-0.25, -0.2) is 4.39 Å². The summed E-state index contributed by atoms with van der Waals surface area (Å²) in [5.74, 6) is 0.0462. The standard InChI is InChI=1S/C14H12ClFN2O/c1-8-2-4-10(14(17)18)13(6-8)19-9-3-5-11(15)12(16)7-9/h2-7H,1H3,(H3,17,18). The number of nitrogen functional groups attached to an aromatic ring is 1. The van der Waals surface area contributed by atoms with Crippen molar-refractivity contribution < 1.29 is 9.13 Å². The average molecular weight is 279 g/mol. The van der Waals surface area contributed by atoms with Crippen molar-refractivity contribution in [2.24, 2.45) is 5.73 Å². The fourth-order valence-electron chi connectivity index (χ4n) is 1.60. The van der Waals surface area contributed by atoms with Crippen LogP contribution in [-0.4, -0.2) is 5.84 Å². The van der Waals surface area contributed by atoms with Crippen LogP contribution in [0.4, 0.5) is 4.39 Å². The Labute approximate surface area is 115 Å². The van der Waals surface area contributed by atoms with Crippen molar-refractivity contribution in [3.8, 4) is 11.5 Å². The molecule has 0 unspecified atom stereocenters. The Kier molecular flexibility index (Phi) is 3.71. The summed E-state index contributed by atoms with van der Waals surface area (Å²) in [4.78, 5) is 0. The van der Waals surface area contributed by atoms with Crippen molar-refractivity contribution in [3.05, 3.63) is 58.4 Å². The lowest BCUT2D eigenvalue weighted by molar-refractivity contribution is 0.475. The highest BCUT2D eigenvalue weighted by atomic mass is 35.5. The van der Waals surface area contributed by atoms with E-state index in [-0.39, 0.29) is 10.9 Å². The molecule has 3 N–H and O–H groups in total. The molecule has 2 rings (SSSR count). The minimum Gasteiger partial charge on any atom is -0.456 e. The fourth-order valence-corrected chi connectivity index (χ4v) is 1.72. The van der Waals surface area contributed by atoms with Gasteiger partial charge in [0.1, 0.15) is 23.2 Å². The first-order valence-electron chi connectivity index (χ1n) is 5.55. The molecular formula is C14H12ClFN2O. The van der Waals surface area contributed by atoms with Crippen molar-refractivity contribution in [1.82, 2.24) is 0 Å². The zero-order valence-electron chi connectivity index (χ0n) is 10.2. The monoisotopic (exact) mass is 278 g/mol. The topological polar surface area (TPSA) is 59.1 Å². The third kappa shape index (κ3) is 3.03. The van der Waals surface area contributed by atoms with Gasteiger partial charge in [-0.3, -0.25) is 5.41 Å². The number of aryl methyl sites for hydroxylation is 1. The summed E-state index contributed by atoms with van der Waals surface area (Å²) in [6.45, 7) is 1.89. The molecule has 0 amide bonds. The largest absolute Gasteiger partial charge is 0.456 e. The van der Waals surface area contributed by atoms with Gasteiger partial charge in [0.15, 0.2) is 0 Å². The molecule has 19 heavy (non-hydrogen) atoms. The summed E-state index contributed by atoms with van der Waals surface area (Å²) < 4.78 is 18.9. The quantitative estimate of drug-likeness (QED) is 0.661. The molecule has 0 saturated carbocycles. The predicted molar refractivity (Wildman–Crippen MR) is 73.7 cm³/mol. The van der Waals surface area contributed by atoms with Gasteiger partial charge in [-0.05, 0) is 36.8 Å². The van der Waals surface area contributed by atoms with E-state index in [2.05, 4.69) is 0 Å². The van der Waals surface area contributed by atoms with Gasteiger partial charge in [-0.15, -0.1) is 0 Å². The van der Waals surface area contributed by atoms with E-state index in [4.69, 9.17) is 27.5 Å². The normalized spacial score (nSPS) is 10.3.